The van der Waals surface area contributed by atoms with Crippen molar-refractivity contribution in [2.24, 2.45) is 0 Å². The van der Waals surface area contributed by atoms with E-state index in [1.54, 1.807) is 23.6 Å². The Balaban J connectivity index is 0.00000207. The fraction of sp³-hybridized carbons (Fsp3) is 0.633. The molecule has 2 aliphatic heterocycles. The molecule has 0 aliphatic carbocycles. The summed E-state index contributed by atoms with van der Waals surface area (Å²) in [6.07, 6.45) is 6.51. The first kappa shape index (κ1) is 33.3. The van der Waals surface area contributed by atoms with Gasteiger partial charge in [-0.3, -0.25) is 9.62 Å². The number of likely N-dealkylation sites (N-methyl/N-ethyl adjacent to an activating group) is 1. The molecule has 2 fully saturated rings. The Hall–Kier alpha value is -2.58. The molecular weight excluding hydrogens is 587 g/mol. The number of pyridine rings is 1. The molecule has 0 amide bonds. The smallest absolute Gasteiger partial charge is 0.238 e. The van der Waals surface area contributed by atoms with Crippen LogP contribution in [0.15, 0.2) is 12.3 Å². The zero-order chi connectivity index (χ0) is 31.1. The van der Waals surface area contributed by atoms with Gasteiger partial charge in [0.05, 0.1) is 42.5 Å². The first-order valence-corrected chi connectivity index (χ1v) is 17.9. The quantitative estimate of drug-likeness (QED) is 0.321. The van der Waals surface area contributed by atoms with E-state index in [1.165, 1.54) is 43.5 Å². The van der Waals surface area contributed by atoms with E-state index in [2.05, 4.69) is 45.3 Å². The van der Waals surface area contributed by atoms with E-state index in [-0.39, 0.29) is 11.6 Å². The van der Waals surface area contributed by atoms with Gasteiger partial charge in [-0.15, -0.1) is 11.3 Å². The number of morpholine rings is 1. The third-order valence-corrected chi connectivity index (χ3v) is 9.54. The molecule has 11 nitrogen and oxygen atoms in total. The minimum Gasteiger partial charge on any atom is -0.480 e. The Morgan fingerprint density at radius 1 is 1.16 bits per heavy atom. The van der Waals surface area contributed by atoms with Gasteiger partial charge in [-0.2, -0.15) is 0 Å². The number of methoxy groups -OCH3 is 1. The summed E-state index contributed by atoms with van der Waals surface area (Å²) in [4.78, 5) is 23.0. The number of aromatic nitrogens is 3. The standard InChI is InChI=1S/C28H41N7O4S2.C2H6/c1-6-21(34-9-7-8-10-34)17-33(3)18-22-19(2)40-26-24(30-28(31-25(22)26)35-11-13-39-14-12-35)20-15-23(32-41(5,36)37)27(38-4)29-16-20;1-2/h15-16,21,32H,6-14,17-18H2,1-5H3;1-2H3. The molecule has 0 radical (unpaired) electrons. The topological polar surface area (TPSA) is 113 Å². The maximum absolute atomic E-state index is 12.1. The van der Waals surface area contributed by atoms with E-state index in [0.29, 0.717) is 43.9 Å². The number of ether oxygens (including phenoxy) is 2. The molecule has 2 saturated heterocycles. The molecule has 1 unspecified atom stereocenters. The number of aryl methyl sites for hydroxylation is 1. The van der Waals surface area contributed by atoms with Crippen LogP contribution in [0.4, 0.5) is 11.6 Å². The van der Waals surface area contributed by atoms with Crippen LogP contribution in [-0.4, -0.2) is 106 Å². The van der Waals surface area contributed by atoms with Gasteiger partial charge in [-0.1, -0.05) is 20.8 Å². The van der Waals surface area contributed by atoms with E-state index in [0.717, 1.165) is 41.7 Å². The van der Waals surface area contributed by atoms with Gasteiger partial charge in [0.25, 0.3) is 0 Å². The largest absolute Gasteiger partial charge is 0.480 e. The average Bonchev–Trinajstić information content (AvgIpc) is 3.64. The number of rotatable bonds is 11. The number of nitrogens with one attached hydrogen (secondary N) is 1. The van der Waals surface area contributed by atoms with Crippen molar-refractivity contribution in [3.63, 3.8) is 0 Å². The van der Waals surface area contributed by atoms with Crippen LogP contribution in [0.1, 0.15) is 50.5 Å². The molecule has 2 aliphatic rings. The SMILES string of the molecule is CC.CCC(CN(C)Cc1c(C)sc2c(-c3cnc(OC)c(NS(C)(=O)=O)c3)nc(N3CCOCC3)nc12)N1CCCC1. The minimum absolute atomic E-state index is 0.200. The Morgan fingerprint density at radius 2 is 1.86 bits per heavy atom. The molecule has 3 aromatic rings. The summed E-state index contributed by atoms with van der Waals surface area (Å²) in [5.74, 6) is 0.848. The fourth-order valence-electron chi connectivity index (χ4n) is 5.73. The van der Waals surface area contributed by atoms with E-state index >= 15 is 0 Å². The van der Waals surface area contributed by atoms with Gasteiger partial charge >= 0.3 is 0 Å². The summed E-state index contributed by atoms with van der Waals surface area (Å²) in [6.45, 7) is 15.3. The lowest BCUT2D eigenvalue weighted by atomic mass is 10.1. The van der Waals surface area contributed by atoms with Crippen LogP contribution in [0.5, 0.6) is 5.88 Å². The van der Waals surface area contributed by atoms with Crippen molar-refractivity contribution in [2.45, 2.75) is 59.5 Å². The lowest BCUT2D eigenvalue weighted by Crippen LogP contribution is -2.40. The molecule has 0 bridgehead atoms. The van der Waals surface area contributed by atoms with Gasteiger partial charge in [0.15, 0.2) is 0 Å². The van der Waals surface area contributed by atoms with Crippen LogP contribution in [0.25, 0.3) is 21.5 Å². The lowest BCUT2D eigenvalue weighted by molar-refractivity contribution is 0.122. The monoisotopic (exact) mass is 633 g/mol. The van der Waals surface area contributed by atoms with E-state index < -0.39 is 10.0 Å². The maximum atomic E-state index is 12.1. The Bertz CT molecular complexity index is 1470. The van der Waals surface area contributed by atoms with Gasteiger partial charge in [-0.05, 0) is 52.4 Å². The van der Waals surface area contributed by atoms with E-state index in [1.807, 2.05) is 13.8 Å². The zero-order valence-corrected chi connectivity index (χ0v) is 28.3. The maximum Gasteiger partial charge on any atom is 0.238 e. The van der Waals surface area contributed by atoms with Gasteiger partial charge in [0.1, 0.15) is 5.69 Å². The number of likely N-dealkylation sites (tertiary alicyclic amines) is 1. The third kappa shape index (κ3) is 8.13. The van der Waals surface area contributed by atoms with Crippen LogP contribution in [0, 0.1) is 6.92 Å². The number of anilines is 2. The van der Waals surface area contributed by atoms with Gasteiger partial charge in [-0.25, -0.2) is 23.4 Å². The summed E-state index contributed by atoms with van der Waals surface area (Å²) in [6, 6.07) is 2.29. The number of sulfonamides is 1. The Labute approximate surface area is 260 Å². The molecule has 1 atom stereocenters. The first-order valence-electron chi connectivity index (χ1n) is 15.2. The molecule has 5 heterocycles. The molecule has 13 heteroatoms. The lowest BCUT2D eigenvalue weighted by Gasteiger charge is -2.30. The normalized spacial score (nSPS) is 16.8. The summed E-state index contributed by atoms with van der Waals surface area (Å²) >= 11 is 1.67. The molecule has 43 heavy (non-hydrogen) atoms. The number of thiophene rings is 1. The molecule has 238 valence electrons. The highest BCUT2D eigenvalue weighted by Gasteiger charge is 2.25. The zero-order valence-electron chi connectivity index (χ0n) is 26.6. The van der Waals surface area contributed by atoms with Gasteiger partial charge < -0.3 is 19.3 Å². The summed E-state index contributed by atoms with van der Waals surface area (Å²) in [7, 11) is 0.121. The molecule has 0 spiro atoms. The second-order valence-corrected chi connectivity index (χ2v) is 13.9. The molecule has 0 aromatic carbocycles. The van der Waals surface area contributed by atoms with Crippen molar-refractivity contribution < 1.29 is 17.9 Å². The van der Waals surface area contributed by atoms with E-state index in [9.17, 15) is 8.42 Å². The van der Waals surface area contributed by atoms with Crippen LogP contribution >= 0.6 is 11.3 Å². The predicted molar refractivity (Wildman–Crippen MR) is 176 cm³/mol. The van der Waals surface area contributed by atoms with Gasteiger partial charge in [0.2, 0.25) is 21.9 Å². The number of hydrogen-bond acceptors (Lipinski definition) is 11. The number of nitrogens with zero attached hydrogens (tertiary/aromatic N) is 6. The Kier molecular flexibility index (Phi) is 11.6. The van der Waals surface area contributed by atoms with Crippen LogP contribution < -0.4 is 14.4 Å². The number of hydrogen-bond donors (Lipinski definition) is 1. The van der Waals surface area contributed by atoms with Crippen molar-refractivity contribution in [3.05, 3.63) is 22.7 Å². The first-order chi connectivity index (χ1) is 20.7. The van der Waals surface area contributed by atoms with Crippen molar-refractivity contribution in [1.82, 2.24) is 24.8 Å². The van der Waals surface area contributed by atoms with Crippen LogP contribution in [-0.2, 0) is 21.3 Å². The summed E-state index contributed by atoms with van der Waals surface area (Å²) in [5.41, 5.74) is 3.84. The third-order valence-electron chi connectivity index (χ3n) is 7.81. The summed E-state index contributed by atoms with van der Waals surface area (Å²) < 4.78 is 38.6. The molecule has 1 N–H and O–H groups in total. The van der Waals surface area contributed by atoms with Crippen LogP contribution in [0.2, 0.25) is 0 Å². The molecule has 5 rings (SSSR count). The fourth-order valence-corrected chi connectivity index (χ4v) is 7.39. The highest BCUT2D eigenvalue weighted by Crippen LogP contribution is 2.39. The van der Waals surface area contributed by atoms with Crippen molar-refractivity contribution in [3.8, 4) is 17.1 Å². The summed E-state index contributed by atoms with van der Waals surface area (Å²) in [5, 5.41) is 0. The second-order valence-electron chi connectivity index (χ2n) is 10.9. The second kappa shape index (κ2) is 14.9. The molecule has 0 saturated carbocycles. The van der Waals surface area contributed by atoms with Crippen LogP contribution in [0.3, 0.4) is 0 Å². The van der Waals surface area contributed by atoms with Crippen molar-refractivity contribution in [2.75, 3.05) is 76.0 Å². The van der Waals surface area contributed by atoms with E-state index in [4.69, 9.17) is 19.4 Å². The highest BCUT2D eigenvalue weighted by molar-refractivity contribution is 7.92. The molecule has 3 aromatic heterocycles. The van der Waals surface area contributed by atoms with Gasteiger partial charge in [0, 0.05) is 54.4 Å². The Morgan fingerprint density at radius 3 is 2.49 bits per heavy atom. The molecular formula is C30H47N7O4S2. The van der Waals surface area contributed by atoms with Crippen molar-refractivity contribution >= 4 is 43.2 Å². The average molecular weight is 634 g/mol. The minimum atomic E-state index is -3.54. The highest BCUT2D eigenvalue weighted by atomic mass is 32.2. The van der Waals surface area contributed by atoms with Crippen molar-refractivity contribution in [1.29, 1.82) is 0 Å². The number of fused-ring (bicyclic) bond motifs is 1. The predicted octanol–water partition coefficient (Wildman–Crippen LogP) is 4.61.